The first-order valence-electron chi connectivity index (χ1n) is 4.30. The van der Waals surface area contributed by atoms with Gasteiger partial charge in [0.15, 0.2) is 0 Å². The molecule has 0 atom stereocenters. The van der Waals surface area contributed by atoms with E-state index in [1.807, 2.05) is 19.9 Å². The van der Waals surface area contributed by atoms with Gasteiger partial charge in [0.2, 0.25) is 0 Å². The van der Waals surface area contributed by atoms with E-state index in [1.165, 1.54) is 5.56 Å². The van der Waals surface area contributed by atoms with Crippen LogP contribution in [0.5, 0.6) is 5.75 Å². The number of nitrogens with one attached hydrogen (secondary N) is 1. The van der Waals surface area contributed by atoms with Gasteiger partial charge in [-0.15, -0.1) is 0 Å². The van der Waals surface area contributed by atoms with E-state index in [2.05, 4.69) is 11.5 Å². The van der Waals surface area contributed by atoms with Crippen LogP contribution in [0.3, 0.4) is 0 Å². The first-order valence-corrected chi connectivity index (χ1v) is 4.30. The molecule has 0 heterocycles. The van der Waals surface area contributed by atoms with Gasteiger partial charge in [-0.05, 0) is 31.0 Å². The molecule has 0 aliphatic rings. The van der Waals surface area contributed by atoms with Crippen LogP contribution in [0.2, 0.25) is 0 Å². The number of hydrazine groups is 1. The molecule has 4 N–H and O–H groups in total. The first kappa shape index (κ1) is 13.2. The molecule has 0 radical (unpaired) electrons. The average molecular weight is 212 g/mol. The number of rotatable bonds is 2. The second-order valence-electron chi connectivity index (χ2n) is 2.91. The lowest BCUT2D eigenvalue weighted by Gasteiger charge is -2.11. The third kappa shape index (κ3) is 3.86. The largest absolute Gasteiger partial charge is 0.495 e. The van der Waals surface area contributed by atoms with Crippen molar-refractivity contribution >= 4 is 12.2 Å². The maximum atomic E-state index is 8.36. The Morgan fingerprint density at radius 3 is 2.40 bits per heavy atom. The van der Waals surface area contributed by atoms with Gasteiger partial charge in [0.1, 0.15) is 5.75 Å². The molecule has 0 spiro atoms. The summed E-state index contributed by atoms with van der Waals surface area (Å²) in [6.45, 7) is 3.76. The Hall–Kier alpha value is -1.75. The molecule has 0 bridgehead atoms. The quantitative estimate of drug-likeness (QED) is 0.391. The van der Waals surface area contributed by atoms with Crippen LogP contribution in [-0.4, -0.2) is 18.7 Å². The predicted molar refractivity (Wildman–Crippen MR) is 59.0 cm³/mol. The van der Waals surface area contributed by atoms with Gasteiger partial charge in [-0.25, -0.2) is 0 Å². The Balaban J connectivity index is 0.000000583. The molecule has 0 saturated heterocycles. The van der Waals surface area contributed by atoms with E-state index in [4.69, 9.17) is 20.5 Å². The van der Waals surface area contributed by atoms with E-state index >= 15 is 0 Å². The van der Waals surface area contributed by atoms with Crippen LogP contribution in [0.25, 0.3) is 0 Å². The Labute approximate surface area is 88.8 Å². The normalized spacial score (nSPS) is 8.53. The summed E-state index contributed by atoms with van der Waals surface area (Å²) in [6.07, 6.45) is 0. The smallest absolute Gasteiger partial charge is 0.290 e. The highest BCUT2D eigenvalue weighted by molar-refractivity contribution is 5.62. The lowest BCUT2D eigenvalue weighted by molar-refractivity contribution is -0.122. The van der Waals surface area contributed by atoms with Crippen LogP contribution in [0.4, 0.5) is 5.69 Å². The van der Waals surface area contributed by atoms with Crippen molar-refractivity contribution in [1.82, 2.24) is 0 Å². The summed E-state index contributed by atoms with van der Waals surface area (Å²) in [5.74, 6) is 6.13. The standard InChI is InChI=1S/C9H14N2O.CH2O2/c1-6-4-7(2)9(11-10)8(5-6)12-3;2-1-3/h4-5,11H,10H2,1-3H3;1H,(H,2,3). The van der Waals surface area contributed by atoms with Crippen molar-refractivity contribution < 1.29 is 14.6 Å². The number of anilines is 1. The summed E-state index contributed by atoms with van der Waals surface area (Å²) < 4.78 is 5.16. The molecule has 15 heavy (non-hydrogen) atoms. The van der Waals surface area contributed by atoms with Gasteiger partial charge in [0.05, 0.1) is 12.8 Å². The summed E-state index contributed by atoms with van der Waals surface area (Å²) in [6, 6.07) is 4.00. The molecular weight excluding hydrogens is 196 g/mol. The predicted octanol–water partition coefficient (Wildman–Crippen LogP) is 1.30. The lowest BCUT2D eigenvalue weighted by Crippen LogP contribution is -2.09. The highest BCUT2D eigenvalue weighted by Gasteiger charge is 2.04. The molecule has 5 nitrogen and oxygen atoms in total. The molecule has 0 aliphatic heterocycles. The van der Waals surface area contributed by atoms with Crippen molar-refractivity contribution in [3.63, 3.8) is 0 Å². The molecule has 0 amide bonds. The minimum Gasteiger partial charge on any atom is -0.495 e. The van der Waals surface area contributed by atoms with Crippen molar-refractivity contribution in [3.8, 4) is 5.75 Å². The SMILES string of the molecule is COc1cc(C)cc(C)c1NN.O=CO. The Kier molecular flexibility index (Phi) is 5.89. The summed E-state index contributed by atoms with van der Waals surface area (Å²) >= 11 is 0. The third-order valence-electron chi connectivity index (χ3n) is 1.81. The van der Waals surface area contributed by atoms with Crippen LogP contribution < -0.4 is 16.0 Å². The number of ether oxygens (including phenoxy) is 1. The summed E-state index contributed by atoms with van der Waals surface area (Å²) in [4.78, 5) is 8.36. The number of benzene rings is 1. The van der Waals surface area contributed by atoms with Gasteiger partial charge in [0, 0.05) is 0 Å². The maximum Gasteiger partial charge on any atom is 0.290 e. The zero-order chi connectivity index (χ0) is 11.8. The van der Waals surface area contributed by atoms with Crippen molar-refractivity contribution in [1.29, 1.82) is 0 Å². The van der Waals surface area contributed by atoms with Crippen LogP contribution >= 0.6 is 0 Å². The molecule has 1 rings (SSSR count). The number of hydrogen-bond acceptors (Lipinski definition) is 4. The second kappa shape index (κ2) is 6.67. The molecule has 0 aliphatic carbocycles. The Bertz CT molecular complexity index is 327. The number of carboxylic acid groups (broad SMARTS) is 1. The molecule has 5 heteroatoms. The van der Waals surface area contributed by atoms with Gasteiger partial charge in [-0.2, -0.15) is 0 Å². The third-order valence-corrected chi connectivity index (χ3v) is 1.81. The van der Waals surface area contributed by atoms with E-state index in [-0.39, 0.29) is 6.47 Å². The fourth-order valence-electron chi connectivity index (χ4n) is 1.27. The molecule has 1 aromatic rings. The number of hydrogen-bond donors (Lipinski definition) is 3. The van der Waals surface area contributed by atoms with E-state index in [0.29, 0.717) is 0 Å². The Morgan fingerprint density at radius 1 is 1.47 bits per heavy atom. The summed E-state index contributed by atoms with van der Waals surface area (Å²) in [7, 11) is 1.63. The van der Waals surface area contributed by atoms with Crippen molar-refractivity contribution in [2.24, 2.45) is 5.84 Å². The van der Waals surface area contributed by atoms with Crippen molar-refractivity contribution in [3.05, 3.63) is 23.3 Å². The van der Waals surface area contributed by atoms with Crippen LogP contribution in [0, 0.1) is 13.8 Å². The number of carbonyl (C=O) groups is 1. The average Bonchev–Trinajstić information content (AvgIpc) is 2.17. The zero-order valence-corrected chi connectivity index (χ0v) is 9.07. The molecule has 0 aromatic heterocycles. The second-order valence-corrected chi connectivity index (χ2v) is 2.91. The van der Waals surface area contributed by atoms with E-state index in [0.717, 1.165) is 17.0 Å². The summed E-state index contributed by atoms with van der Waals surface area (Å²) in [5, 5.41) is 6.89. The van der Waals surface area contributed by atoms with Crippen LogP contribution in [0.15, 0.2) is 12.1 Å². The summed E-state index contributed by atoms with van der Waals surface area (Å²) in [5.41, 5.74) is 5.73. The fraction of sp³-hybridized carbons (Fsp3) is 0.300. The maximum absolute atomic E-state index is 8.36. The van der Waals surface area contributed by atoms with Crippen LogP contribution in [-0.2, 0) is 4.79 Å². The van der Waals surface area contributed by atoms with Crippen molar-refractivity contribution in [2.45, 2.75) is 13.8 Å². The van der Waals surface area contributed by atoms with Crippen LogP contribution in [0.1, 0.15) is 11.1 Å². The molecule has 84 valence electrons. The molecule has 1 aromatic carbocycles. The highest BCUT2D eigenvalue weighted by atomic mass is 16.5. The monoisotopic (exact) mass is 212 g/mol. The lowest BCUT2D eigenvalue weighted by atomic mass is 10.1. The number of methoxy groups -OCH3 is 1. The van der Waals surface area contributed by atoms with E-state index in [1.54, 1.807) is 7.11 Å². The zero-order valence-electron chi connectivity index (χ0n) is 9.07. The number of aryl methyl sites for hydroxylation is 2. The van der Waals surface area contributed by atoms with Gasteiger partial charge in [-0.1, -0.05) is 6.07 Å². The number of nitrogen functional groups attached to an aromatic ring is 1. The first-order chi connectivity index (χ1) is 7.10. The molecule has 0 fully saturated rings. The number of nitrogens with two attached hydrogens (primary N) is 1. The minimum atomic E-state index is -0.250. The molecular formula is C10H16N2O3. The van der Waals surface area contributed by atoms with Gasteiger partial charge in [-0.3, -0.25) is 10.6 Å². The fourth-order valence-corrected chi connectivity index (χ4v) is 1.27. The Morgan fingerprint density at radius 2 is 2.00 bits per heavy atom. The van der Waals surface area contributed by atoms with Gasteiger partial charge >= 0.3 is 0 Å². The highest BCUT2D eigenvalue weighted by Crippen LogP contribution is 2.28. The molecule has 0 unspecified atom stereocenters. The molecule has 0 saturated carbocycles. The minimum absolute atomic E-state index is 0.250. The van der Waals surface area contributed by atoms with Crippen molar-refractivity contribution in [2.75, 3.05) is 12.5 Å². The van der Waals surface area contributed by atoms with E-state index in [9.17, 15) is 0 Å². The van der Waals surface area contributed by atoms with E-state index < -0.39 is 0 Å². The topological polar surface area (TPSA) is 84.6 Å². The van der Waals surface area contributed by atoms with Gasteiger partial charge in [0.25, 0.3) is 6.47 Å². The van der Waals surface area contributed by atoms with Gasteiger partial charge < -0.3 is 15.3 Å².